The van der Waals surface area contributed by atoms with Crippen LogP contribution in [0.5, 0.6) is 0 Å². The number of hydrogen-bond donors (Lipinski definition) is 1. The van der Waals surface area contributed by atoms with Gasteiger partial charge < -0.3 is 5.32 Å². The molecule has 8 heteroatoms. The van der Waals surface area contributed by atoms with Gasteiger partial charge in [-0.2, -0.15) is 4.80 Å². The summed E-state index contributed by atoms with van der Waals surface area (Å²) in [4.78, 5) is 29.2. The third kappa shape index (κ3) is 5.45. The summed E-state index contributed by atoms with van der Waals surface area (Å²) >= 11 is 0. The van der Waals surface area contributed by atoms with Crippen LogP contribution in [0.2, 0.25) is 0 Å². The number of carbonyl (C=O) groups excluding carboxylic acids is 2. The second-order valence-electron chi connectivity index (χ2n) is 8.78. The van der Waals surface area contributed by atoms with Crippen molar-refractivity contribution < 1.29 is 9.59 Å². The van der Waals surface area contributed by atoms with Gasteiger partial charge in [0.2, 0.25) is 11.7 Å². The number of carbonyl (C=O) groups is 2. The Kier molecular flexibility index (Phi) is 6.82. The fourth-order valence-electron chi connectivity index (χ4n) is 4.20. The number of benzene rings is 2. The van der Waals surface area contributed by atoms with Crippen LogP contribution >= 0.6 is 0 Å². The van der Waals surface area contributed by atoms with Gasteiger partial charge in [-0.1, -0.05) is 54.8 Å². The summed E-state index contributed by atoms with van der Waals surface area (Å²) in [6, 6.07) is 14.9. The Balaban J connectivity index is 1.54. The van der Waals surface area contributed by atoms with E-state index in [4.69, 9.17) is 0 Å². The standard InChI is InChI=1S/C25H30N6O2/c1-17-11-13-20(14-12-17)24-27-29-30(28-24)16-23(32)31(22-10-6-7-18(2)15-22)19(3)25(33)26-21-8-4-5-9-21/h6-7,10-15,19,21H,4-5,8-9,16H2,1-3H3,(H,26,33)/t19-/m1/s1. The number of rotatable bonds is 7. The average molecular weight is 447 g/mol. The molecule has 0 bridgehead atoms. The minimum atomic E-state index is -0.667. The van der Waals surface area contributed by atoms with Crippen molar-refractivity contribution in [3.63, 3.8) is 0 Å². The highest BCUT2D eigenvalue weighted by atomic mass is 16.2. The van der Waals surface area contributed by atoms with Crippen LogP contribution in [-0.2, 0) is 16.1 Å². The molecule has 1 aromatic heterocycles. The van der Waals surface area contributed by atoms with Gasteiger partial charge in [0.25, 0.3) is 5.91 Å². The van der Waals surface area contributed by atoms with Gasteiger partial charge >= 0.3 is 0 Å². The lowest BCUT2D eigenvalue weighted by Crippen LogP contribution is -2.51. The van der Waals surface area contributed by atoms with Crippen LogP contribution in [0.1, 0.15) is 43.7 Å². The maximum Gasteiger partial charge on any atom is 0.251 e. The number of aryl methyl sites for hydroxylation is 2. The lowest BCUT2D eigenvalue weighted by Gasteiger charge is -2.29. The van der Waals surface area contributed by atoms with E-state index >= 15 is 0 Å². The number of tetrazole rings is 1. The summed E-state index contributed by atoms with van der Waals surface area (Å²) in [7, 11) is 0. The maximum absolute atomic E-state index is 13.4. The number of hydrogen-bond acceptors (Lipinski definition) is 5. The van der Waals surface area contributed by atoms with Crippen molar-refractivity contribution in [2.24, 2.45) is 0 Å². The summed E-state index contributed by atoms with van der Waals surface area (Å²) in [6.07, 6.45) is 4.23. The Morgan fingerprint density at radius 2 is 1.82 bits per heavy atom. The molecule has 33 heavy (non-hydrogen) atoms. The van der Waals surface area contributed by atoms with Gasteiger partial charge in [0.1, 0.15) is 12.6 Å². The first-order chi connectivity index (χ1) is 15.9. The van der Waals surface area contributed by atoms with Crippen LogP contribution in [0.25, 0.3) is 11.4 Å². The van der Waals surface area contributed by atoms with Crippen molar-refractivity contribution in [3.05, 3.63) is 59.7 Å². The SMILES string of the molecule is Cc1ccc(-c2nnn(CC(=O)N(c3cccc(C)c3)[C@H](C)C(=O)NC3CCCC3)n2)cc1. The number of nitrogens with one attached hydrogen (secondary N) is 1. The zero-order valence-electron chi connectivity index (χ0n) is 19.4. The molecular formula is C25H30N6O2. The lowest BCUT2D eigenvalue weighted by atomic mass is 10.1. The van der Waals surface area contributed by atoms with E-state index in [9.17, 15) is 9.59 Å². The molecule has 1 saturated carbocycles. The van der Waals surface area contributed by atoms with Crippen molar-refractivity contribution in [1.29, 1.82) is 0 Å². The summed E-state index contributed by atoms with van der Waals surface area (Å²) in [5, 5.41) is 15.6. The number of anilines is 1. The molecule has 0 spiro atoms. The third-order valence-corrected chi connectivity index (χ3v) is 6.06. The Hall–Kier alpha value is -3.55. The van der Waals surface area contributed by atoms with Crippen LogP contribution in [0.15, 0.2) is 48.5 Å². The topological polar surface area (TPSA) is 93.0 Å². The third-order valence-electron chi connectivity index (χ3n) is 6.06. The zero-order valence-corrected chi connectivity index (χ0v) is 19.4. The van der Waals surface area contributed by atoms with E-state index in [1.807, 2.05) is 62.4 Å². The molecule has 8 nitrogen and oxygen atoms in total. The van der Waals surface area contributed by atoms with Gasteiger partial charge in [-0.15, -0.1) is 10.2 Å². The average Bonchev–Trinajstić information content (AvgIpc) is 3.47. The summed E-state index contributed by atoms with van der Waals surface area (Å²) in [5.41, 5.74) is 3.65. The molecule has 0 saturated heterocycles. The second-order valence-corrected chi connectivity index (χ2v) is 8.78. The maximum atomic E-state index is 13.4. The number of amides is 2. The molecule has 2 amide bonds. The molecule has 1 fully saturated rings. The molecule has 4 rings (SSSR count). The van der Waals surface area contributed by atoms with Crippen molar-refractivity contribution in [2.45, 2.75) is 65.1 Å². The van der Waals surface area contributed by atoms with Crippen LogP contribution in [-0.4, -0.2) is 44.1 Å². The first-order valence-electron chi connectivity index (χ1n) is 11.4. The van der Waals surface area contributed by atoms with Gasteiger partial charge in [0.15, 0.2) is 0 Å². The highest BCUT2D eigenvalue weighted by Crippen LogP contribution is 2.22. The van der Waals surface area contributed by atoms with Crippen LogP contribution in [0.4, 0.5) is 5.69 Å². The predicted octanol–water partition coefficient (Wildman–Crippen LogP) is 3.44. The molecule has 2 aromatic carbocycles. The van der Waals surface area contributed by atoms with Crippen molar-refractivity contribution in [3.8, 4) is 11.4 Å². The monoisotopic (exact) mass is 446 g/mol. The molecule has 1 heterocycles. The quantitative estimate of drug-likeness (QED) is 0.600. The minimum Gasteiger partial charge on any atom is -0.352 e. The molecule has 0 unspecified atom stereocenters. The van der Waals surface area contributed by atoms with E-state index in [0.29, 0.717) is 11.5 Å². The van der Waals surface area contributed by atoms with Crippen LogP contribution < -0.4 is 10.2 Å². The predicted molar refractivity (Wildman–Crippen MR) is 127 cm³/mol. The molecule has 1 aliphatic rings. The minimum absolute atomic E-state index is 0.117. The van der Waals surface area contributed by atoms with Gasteiger partial charge in [0.05, 0.1) is 0 Å². The molecule has 0 radical (unpaired) electrons. The fourth-order valence-corrected chi connectivity index (χ4v) is 4.20. The molecule has 3 aromatic rings. The molecule has 1 aliphatic carbocycles. The molecule has 1 atom stereocenters. The summed E-state index contributed by atoms with van der Waals surface area (Å²) < 4.78 is 0. The summed E-state index contributed by atoms with van der Waals surface area (Å²) in [5.74, 6) is 0.0307. The molecule has 0 aliphatic heterocycles. The van der Waals surface area contributed by atoms with E-state index in [1.54, 1.807) is 6.92 Å². The molecule has 1 N–H and O–H groups in total. The number of nitrogens with zero attached hydrogens (tertiary/aromatic N) is 5. The van der Waals surface area contributed by atoms with Gasteiger partial charge in [-0.25, -0.2) is 0 Å². The van der Waals surface area contributed by atoms with Crippen molar-refractivity contribution in [2.75, 3.05) is 4.90 Å². The Labute approximate surface area is 194 Å². The highest BCUT2D eigenvalue weighted by molar-refractivity contribution is 6.00. The van der Waals surface area contributed by atoms with Gasteiger partial charge in [0, 0.05) is 17.3 Å². The zero-order chi connectivity index (χ0) is 23.4. The van der Waals surface area contributed by atoms with E-state index < -0.39 is 6.04 Å². The van der Waals surface area contributed by atoms with E-state index in [-0.39, 0.29) is 24.4 Å². The molecule has 172 valence electrons. The van der Waals surface area contributed by atoms with Crippen LogP contribution in [0, 0.1) is 13.8 Å². The molecular weight excluding hydrogens is 416 g/mol. The first kappa shape index (κ1) is 22.6. The number of aromatic nitrogens is 4. The van der Waals surface area contributed by atoms with Gasteiger partial charge in [-0.3, -0.25) is 14.5 Å². The first-order valence-corrected chi connectivity index (χ1v) is 11.4. The van der Waals surface area contributed by atoms with Crippen LogP contribution in [0.3, 0.4) is 0 Å². The smallest absolute Gasteiger partial charge is 0.251 e. The van der Waals surface area contributed by atoms with E-state index in [1.165, 1.54) is 9.70 Å². The van der Waals surface area contributed by atoms with Gasteiger partial charge in [-0.05, 0) is 56.5 Å². The Morgan fingerprint density at radius 1 is 1.09 bits per heavy atom. The van der Waals surface area contributed by atoms with Crippen molar-refractivity contribution >= 4 is 17.5 Å². The largest absolute Gasteiger partial charge is 0.352 e. The second kappa shape index (κ2) is 9.94. The van der Waals surface area contributed by atoms with E-state index in [0.717, 1.165) is 42.4 Å². The normalized spacial score (nSPS) is 14.8. The summed E-state index contributed by atoms with van der Waals surface area (Å²) in [6.45, 7) is 5.61. The van der Waals surface area contributed by atoms with Crippen molar-refractivity contribution in [1.82, 2.24) is 25.5 Å². The lowest BCUT2D eigenvalue weighted by molar-refractivity contribution is -0.127. The Morgan fingerprint density at radius 3 is 2.52 bits per heavy atom. The fraction of sp³-hybridized carbons (Fsp3) is 0.400. The van der Waals surface area contributed by atoms with E-state index in [2.05, 4.69) is 20.7 Å². The Bertz CT molecular complexity index is 1120. The highest BCUT2D eigenvalue weighted by Gasteiger charge is 2.30.